The maximum absolute atomic E-state index is 5.05. The van der Waals surface area contributed by atoms with E-state index >= 15 is 0 Å². The third-order valence-corrected chi connectivity index (χ3v) is 3.11. The van der Waals surface area contributed by atoms with E-state index in [2.05, 4.69) is 38.9 Å². The molecule has 1 unspecified atom stereocenters. The summed E-state index contributed by atoms with van der Waals surface area (Å²) >= 11 is 0. The van der Waals surface area contributed by atoms with Gasteiger partial charge in [-0.25, -0.2) is 4.98 Å². The van der Waals surface area contributed by atoms with E-state index in [-0.39, 0.29) is 6.04 Å². The molecule has 108 valence electrons. The summed E-state index contributed by atoms with van der Waals surface area (Å²) in [5, 5.41) is 11.8. The number of rotatable bonds is 7. The molecular formula is C14H21N5O. The van der Waals surface area contributed by atoms with E-state index in [1.807, 2.05) is 24.5 Å². The highest BCUT2D eigenvalue weighted by atomic mass is 16.5. The van der Waals surface area contributed by atoms with Crippen LogP contribution in [0.5, 0.6) is 5.88 Å². The van der Waals surface area contributed by atoms with E-state index in [1.54, 1.807) is 7.11 Å². The van der Waals surface area contributed by atoms with Crippen LogP contribution in [0.3, 0.4) is 0 Å². The van der Waals surface area contributed by atoms with Crippen molar-refractivity contribution < 1.29 is 4.74 Å². The van der Waals surface area contributed by atoms with E-state index in [1.165, 1.54) is 0 Å². The Kier molecular flexibility index (Phi) is 5.06. The molecule has 0 aliphatic carbocycles. The molecule has 1 N–H and O–H groups in total. The zero-order valence-electron chi connectivity index (χ0n) is 12.2. The van der Waals surface area contributed by atoms with E-state index in [9.17, 15) is 0 Å². The Bertz CT molecular complexity index is 523. The molecular weight excluding hydrogens is 254 g/mol. The minimum atomic E-state index is -0.0525. The Morgan fingerprint density at radius 3 is 2.75 bits per heavy atom. The van der Waals surface area contributed by atoms with Gasteiger partial charge >= 0.3 is 0 Å². The molecule has 0 bridgehead atoms. The molecule has 2 heterocycles. The number of ether oxygens (including phenoxy) is 1. The summed E-state index contributed by atoms with van der Waals surface area (Å²) in [6.07, 6.45) is 4.84. The molecule has 0 aliphatic rings. The Morgan fingerprint density at radius 2 is 2.15 bits per heavy atom. The average molecular weight is 275 g/mol. The number of hydrogen-bond acceptors (Lipinski definition) is 5. The highest BCUT2D eigenvalue weighted by Crippen LogP contribution is 2.19. The van der Waals surface area contributed by atoms with Gasteiger partial charge in [0.25, 0.3) is 0 Å². The van der Waals surface area contributed by atoms with Crippen molar-refractivity contribution in [3.63, 3.8) is 0 Å². The monoisotopic (exact) mass is 275 g/mol. The third kappa shape index (κ3) is 3.14. The van der Waals surface area contributed by atoms with Crippen molar-refractivity contribution >= 4 is 0 Å². The van der Waals surface area contributed by atoms with Crippen LogP contribution >= 0.6 is 0 Å². The summed E-state index contributed by atoms with van der Waals surface area (Å²) in [5.74, 6) is 1.47. The molecule has 0 saturated carbocycles. The molecule has 0 spiro atoms. The van der Waals surface area contributed by atoms with Crippen LogP contribution in [-0.4, -0.2) is 33.4 Å². The molecule has 0 fully saturated rings. The number of hydrogen-bond donors (Lipinski definition) is 1. The normalized spacial score (nSPS) is 12.3. The highest BCUT2D eigenvalue weighted by molar-refractivity contribution is 5.20. The first-order chi connectivity index (χ1) is 9.80. The lowest BCUT2D eigenvalue weighted by atomic mass is 10.1. The maximum Gasteiger partial charge on any atom is 0.233 e. The zero-order valence-corrected chi connectivity index (χ0v) is 12.2. The van der Waals surface area contributed by atoms with Gasteiger partial charge in [0.05, 0.1) is 12.8 Å². The van der Waals surface area contributed by atoms with Gasteiger partial charge in [0.15, 0.2) is 0 Å². The SMILES string of the molecule is CCCNC(c1ccc(OC)nn1)c1nccn1CC. The predicted octanol–water partition coefficient (Wildman–Crippen LogP) is 1.79. The fraction of sp³-hybridized carbons (Fsp3) is 0.500. The Morgan fingerprint density at radius 1 is 1.30 bits per heavy atom. The molecule has 2 rings (SSSR count). The van der Waals surface area contributed by atoms with E-state index in [0.717, 1.165) is 31.0 Å². The summed E-state index contributed by atoms with van der Waals surface area (Å²) in [6.45, 7) is 6.01. The fourth-order valence-electron chi connectivity index (χ4n) is 2.06. The van der Waals surface area contributed by atoms with Crippen molar-refractivity contribution in [1.29, 1.82) is 0 Å². The minimum Gasteiger partial charge on any atom is -0.480 e. The van der Waals surface area contributed by atoms with Crippen LogP contribution in [0.1, 0.15) is 37.8 Å². The first-order valence-corrected chi connectivity index (χ1v) is 6.92. The number of aromatic nitrogens is 4. The lowest BCUT2D eigenvalue weighted by Gasteiger charge is -2.18. The van der Waals surface area contributed by atoms with Gasteiger partial charge < -0.3 is 14.6 Å². The molecule has 2 aromatic rings. The first-order valence-electron chi connectivity index (χ1n) is 6.92. The van der Waals surface area contributed by atoms with Gasteiger partial charge in [-0.1, -0.05) is 6.92 Å². The van der Waals surface area contributed by atoms with Gasteiger partial charge in [0.1, 0.15) is 11.9 Å². The average Bonchev–Trinajstić information content (AvgIpc) is 2.96. The molecule has 1 atom stereocenters. The molecule has 0 radical (unpaired) electrons. The van der Waals surface area contributed by atoms with Crippen LogP contribution in [0.25, 0.3) is 0 Å². The van der Waals surface area contributed by atoms with Gasteiger partial charge in [-0.2, -0.15) is 0 Å². The lowest BCUT2D eigenvalue weighted by molar-refractivity contribution is 0.389. The smallest absolute Gasteiger partial charge is 0.233 e. The Hall–Kier alpha value is -1.95. The van der Waals surface area contributed by atoms with Crippen LogP contribution < -0.4 is 10.1 Å². The second-order valence-electron chi connectivity index (χ2n) is 4.46. The van der Waals surface area contributed by atoms with Crippen LogP contribution in [-0.2, 0) is 6.54 Å². The molecule has 6 nitrogen and oxygen atoms in total. The topological polar surface area (TPSA) is 64.9 Å². The zero-order chi connectivity index (χ0) is 14.4. The number of nitrogens with one attached hydrogen (secondary N) is 1. The maximum atomic E-state index is 5.05. The van der Waals surface area contributed by atoms with Crippen LogP contribution in [0.4, 0.5) is 0 Å². The van der Waals surface area contributed by atoms with Gasteiger partial charge in [0.2, 0.25) is 5.88 Å². The molecule has 0 amide bonds. The largest absolute Gasteiger partial charge is 0.480 e. The molecule has 0 aromatic carbocycles. The second-order valence-corrected chi connectivity index (χ2v) is 4.46. The van der Waals surface area contributed by atoms with Crippen molar-refractivity contribution in [2.24, 2.45) is 0 Å². The number of nitrogens with zero attached hydrogens (tertiary/aromatic N) is 4. The Labute approximate surface area is 119 Å². The number of imidazole rings is 1. The summed E-state index contributed by atoms with van der Waals surface area (Å²) in [6, 6.07) is 3.69. The van der Waals surface area contributed by atoms with Crippen LogP contribution in [0.15, 0.2) is 24.5 Å². The molecule has 0 saturated heterocycles. The van der Waals surface area contributed by atoms with Crippen molar-refractivity contribution in [2.75, 3.05) is 13.7 Å². The molecule has 2 aromatic heterocycles. The summed E-state index contributed by atoms with van der Waals surface area (Å²) < 4.78 is 7.16. The molecule has 6 heteroatoms. The summed E-state index contributed by atoms with van der Waals surface area (Å²) in [7, 11) is 1.58. The molecule has 0 aliphatic heterocycles. The second kappa shape index (κ2) is 7.00. The van der Waals surface area contributed by atoms with Gasteiger partial charge in [0, 0.05) is 25.0 Å². The van der Waals surface area contributed by atoms with Crippen molar-refractivity contribution in [2.45, 2.75) is 32.9 Å². The number of aryl methyl sites for hydroxylation is 1. The standard InChI is InChI=1S/C14H21N5O/c1-4-8-15-13(14-16-9-10-19(14)5-2)11-6-7-12(20-3)18-17-11/h6-7,9-10,13,15H,4-5,8H2,1-3H3. The van der Waals surface area contributed by atoms with E-state index in [4.69, 9.17) is 4.74 Å². The van der Waals surface area contributed by atoms with Gasteiger partial charge in [-0.3, -0.25) is 0 Å². The quantitative estimate of drug-likeness (QED) is 0.834. The van der Waals surface area contributed by atoms with Gasteiger partial charge in [-0.15, -0.1) is 10.2 Å². The molecule has 20 heavy (non-hydrogen) atoms. The third-order valence-electron chi connectivity index (χ3n) is 3.11. The Balaban J connectivity index is 2.30. The van der Waals surface area contributed by atoms with Crippen molar-refractivity contribution in [3.8, 4) is 5.88 Å². The van der Waals surface area contributed by atoms with Crippen molar-refractivity contribution in [1.82, 2.24) is 25.1 Å². The fourth-order valence-corrected chi connectivity index (χ4v) is 2.06. The summed E-state index contributed by atoms with van der Waals surface area (Å²) in [4.78, 5) is 4.46. The lowest BCUT2D eigenvalue weighted by Crippen LogP contribution is -2.27. The first kappa shape index (κ1) is 14.5. The van der Waals surface area contributed by atoms with Crippen molar-refractivity contribution in [3.05, 3.63) is 36.0 Å². The highest BCUT2D eigenvalue weighted by Gasteiger charge is 2.20. The summed E-state index contributed by atoms with van der Waals surface area (Å²) in [5.41, 5.74) is 0.847. The number of methoxy groups -OCH3 is 1. The van der Waals surface area contributed by atoms with E-state index in [0.29, 0.717) is 5.88 Å². The van der Waals surface area contributed by atoms with Crippen LogP contribution in [0, 0.1) is 0 Å². The minimum absolute atomic E-state index is 0.0525. The van der Waals surface area contributed by atoms with Gasteiger partial charge in [-0.05, 0) is 26.0 Å². The predicted molar refractivity (Wildman–Crippen MR) is 76.6 cm³/mol. The van der Waals surface area contributed by atoms with E-state index < -0.39 is 0 Å². The van der Waals surface area contributed by atoms with Crippen LogP contribution in [0.2, 0.25) is 0 Å².